The first-order chi connectivity index (χ1) is 28.2. The fraction of sp³-hybridized carbons (Fsp3) is 0. The Kier molecular flexibility index (Phi) is 9.76. The first-order valence-electron chi connectivity index (χ1n) is 19.0. The van der Waals surface area contributed by atoms with Crippen LogP contribution in [0.4, 0.5) is 0 Å². The van der Waals surface area contributed by atoms with Gasteiger partial charge in [0.05, 0.1) is 17.1 Å². The Morgan fingerprint density at radius 1 is 0.259 bits per heavy atom. The molecule has 0 atom stereocenters. The van der Waals surface area contributed by atoms with Gasteiger partial charge in [0.2, 0.25) is 0 Å². The van der Waals surface area contributed by atoms with Crippen molar-refractivity contribution >= 4 is 8.41 Å². The maximum absolute atomic E-state index is 4.43. The van der Waals surface area contributed by atoms with Crippen LogP contribution in [0.2, 0.25) is 0 Å². The van der Waals surface area contributed by atoms with Gasteiger partial charge < -0.3 is 0 Å². The third-order valence-electron chi connectivity index (χ3n) is 10.5. The number of benzene rings is 7. The Hall–Kier alpha value is -7.77. The van der Waals surface area contributed by atoms with E-state index in [1.54, 1.807) is 18.6 Å². The molecule has 0 bridgehead atoms. The minimum absolute atomic E-state index is 0. The Morgan fingerprint density at radius 2 is 0.500 bits per heavy atom. The maximum atomic E-state index is 4.43. The van der Waals surface area contributed by atoms with Gasteiger partial charge in [-0.2, -0.15) is 15.3 Å². The van der Waals surface area contributed by atoms with Crippen LogP contribution in [-0.2, 0) is 0 Å². The van der Waals surface area contributed by atoms with Crippen molar-refractivity contribution in [3.8, 4) is 83.8 Å². The van der Waals surface area contributed by atoms with Crippen molar-refractivity contribution in [2.45, 2.75) is 0 Å². The molecule has 6 nitrogen and oxygen atoms in total. The molecule has 0 unspecified atom stereocenters. The number of hydrogen-bond donors (Lipinski definition) is 0. The second-order valence-electron chi connectivity index (χ2n) is 13.9. The summed E-state index contributed by atoms with van der Waals surface area (Å²) >= 11 is 0. The van der Waals surface area contributed by atoms with E-state index < -0.39 is 0 Å². The molecule has 0 fully saturated rings. The van der Waals surface area contributed by atoms with Gasteiger partial charge in [-0.25, -0.2) is 14.0 Å². The molecular formula is C51H36BN6. The zero-order valence-electron chi connectivity index (χ0n) is 31.5. The summed E-state index contributed by atoms with van der Waals surface area (Å²) in [5.74, 6) is 0. The predicted molar refractivity (Wildman–Crippen MR) is 236 cm³/mol. The fourth-order valence-electron chi connectivity index (χ4n) is 7.70. The Bertz CT molecular complexity index is 2580. The van der Waals surface area contributed by atoms with Gasteiger partial charge in [-0.05, 0) is 140 Å². The van der Waals surface area contributed by atoms with Crippen LogP contribution in [0.1, 0.15) is 0 Å². The van der Waals surface area contributed by atoms with Crippen molar-refractivity contribution in [1.82, 2.24) is 29.3 Å². The Labute approximate surface area is 339 Å². The van der Waals surface area contributed by atoms with Gasteiger partial charge in [-0.15, -0.1) is 0 Å². The summed E-state index contributed by atoms with van der Waals surface area (Å²) in [6, 6.07) is 64.9. The van der Waals surface area contributed by atoms with Crippen LogP contribution in [0.3, 0.4) is 0 Å². The van der Waals surface area contributed by atoms with E-state index in [4.69, 9.17) is 0 Å². The van der Waals surface area contributed by atoms with E-state index in [-0.39, 0.29) is 8.41 Å². The molecule has 10 aromatic rings. The quantitative estimate of drug-likeness (QED) is 0.138. The molecule has 7 aromatic carbocycles. The van der Waals surface area contributed by atoms with Crippen molar-refractivity contribution < 1.29 is 0 Å². The first kappa shape index (κ1) is 35.9. The smallest absolute Gasteiger partial charge is 0.0645 e. The van der Waals surface area contributed by atoms with Crippen LogP contribution in [0, 0.1) is 0 Å². The normalized spacial score (nSPS) is 11.0. The highest BCUT2D eigenvalue weighted by atomic mass is 15.3. The third kappa shape index (κ3) is 6.97. The second-order valence-corrected chi connectivity index (χ2v) is 13.9. The van der Waals surface area contributed by atoms with Crippen LogP contribution in [0.15, 0.2) is 219 Å². The number of rotatable bonds is 9. The topological polar surface area (TPSA) is 53.5 Å². The van der Waals surface area contributed by atoms with Crippen molar-refractivity contribution in [1.29, 1.82) is 0 Å². The summed E-state index contributed by atoms with van der Waals surface area (Å²) in [7, 11) is 0. The van der Waals surface area contributed by atoms with E-state index in [1.807, 2.05) is 50.8 Å². The highest BCUT2D eigenvalue weighted by molar-refractivity contribution is 5.94. The molecule has 3 radical (unpaired) electrons. The number of hydrogen-bond acceptors (Lipinski definition) is 3. The highest BCUT2D eigenvalue weighted by Gasteiger charge is 2.16. The van der Waals surface area contributed by atoms with Gasteiger partial charge in [0.15, 0.2) is 0 Å². The predicted octanol–water partition coefficient (Wildman–Crippen LogP) is 11.9. The fourth-order valence-corrected chi connectivity index (χ4v) is 7.70. The molecule has 58 heavy (non-hydrogen) atoms. The molecule has 0 N–H and O–H groups in total. The summed E-state index contributed by atoms with van der Waals surface area (Å²) in [4.78, 5) is 0. The third-order valence-corrected chi connectivity index (χ3v) is 10.5. The molecule has 7 heteroatoms. The summed E-state index contributed by atoms with van der Waals surface area (Å²) < 4.78 is 5.66. The lowest BCUT2D eigenvalue weighted by Crippen LogP contribution is -1.95. The van der Waals surface area contributed by atoms with Crippen molar-refractivity contribution in [2.75, 3.05) is 0 Å². The standard InChI is InChI=1S/C51H36N6.B/c1-4-13-49(46(10-1)37-16-22-43(23-17-37)55-31-7-28-52-55)40-34-41(50-14-5-2-11-47(50)38-18-24-44(25-19-38)56-32-8-29-53-56)36-42(35-40)51-15-6-3-12-48(51)39-20-26-45(27-21-39)57-33-9-30-54-57;/h1-36H;. The zero-order valence-corrected chi connectivity index (χ0v) is 31.5. The van der Waals surface area contributed by atoms with Crippen molar-refractivity contribution in [3.63, 3.8) is 0 Å². The van der Waals surface area contributed by atoms with Crippen LogP contribution in [0.25, 0.3) is 83.8 Å². The molecule has 0 aliphatic heterocycles. The van der Waals surface area contributed by atoms with Crippen LogP contribution in [-0.4, -0.2) is 37.8 Å². The molecule has 0 aliphatic carbocycles. The molecule has 0 spiro atoms. The van der Waals surface area contributed by atoms with E-state index in [0.29, 0.717) is 0 Å². The molecule has 3 heterocycles. The van der Waals surface area contributed by atoms with Crippen LogP contribution in [0.5, 0.6) is 0 Å². The molecular weight excluding hydrogens is 707 g/mol. The van der Waals surface area contributed by atoms with E-state index in [0.717, 1.165) is 83.8 Å². The van der Waals surface area contributed by atoms with Gasteiger partial charge in [0, 0.05) is 45.6 Å². The van der Waals surface area contributed by atoms with Crippen molar-refractivity contribution in [3.05, 3.63) is 219 Å². The summed E-state index contributed by atoms with van der Waals surface area (Å²) in [5, 5.41) is 13.3. The lowest BCUT2D eigenvalue weighted by molar-refractivity contribution is 0.881. The average molecular weight is 744 g/mol. The molecule has 0 aliphatic rings. The maximum Gasteiger partial charge on any atom is 0.0645 e. The van der Waals surface area contributed by atoms with Gasteiger partial charge in [-0.1, -0.05) is 109 Å². The SMILES string of the molecule is [B].c1ccc(-c2cc(-c3ccccc3-c3ccc(-n4cccn4)cc3)cc(-c3ccccc3-c3ccc(-n4cccn4)cc3)c2)c(-c2ccc(-n3cccn3)cc2)c1. The van der Waals surface area contributed by atoms with Crippen molar-refractivity contribution in [2.24, 2.45) is 0 Å². The van der Waals surface area contributed by atoms with Crippen LogP contribution >= 0.6 is 0 Å². The number of nitrogens with zero attached hydrogens (tertiary/aromatic N) is 6. The van der Waals surface area contributed by atoms with Gasteiger partial charge >= 0.3 is 0 Å². The monoisotopic (exact) mass is 743 g/mol. The first-order valence-corrected chi connectivity index (χ1v) is 19.0. The Morgan fingerprint density at radius 3 is 0.724 bits per heavy atom. The molecule has 0 amide bonds. The number of aromatic nitrogens is 6. The highest BCUT2D eigenvalue weighted by Crippen LogP contribution is 2.42. The lowest BCUT2D eigenvalue weighted by Gasteiger charge is -2.18. The molecule has 3 aromatic heterocycles. The zero-order chi connectivity index (χ0) is 38.0. The van der Waals surface area contributed by atoms with Gasteiger partial charge in [0.25, 0.3) is 0 Å². The summed E-state index contributed by atoms with van der Waals surface area (Å²) in [5.41, 5.74) is 16.9. The van der Waals surface area contributed by atoms with E-state index >= 15 is 0 Å². The largest absolute Gasteiger partial charge is 0.241 e. The second kappa shape index (κ2) is 15.8. The van der Waals surface area contributed by atoms with Gasteiger partial charge in [0.1, 0.15) is 0 Å². The summed E-state index contributed by atoms with van der Waals surface area (Å²) in [6.45, 7) is 0. The molecule has 273 valence electrons. The lowest BCUT2D eigenvalue weighted by atomic mass is 9.86. The van der Waals surface area contributed by atoms with Crippen LogP contribution < -0.4 is 0 Å². The Balaban J connectivity index is 0.00000436. The molecule has 0 saturated heterocycles. The van der Waals surface area contributed by atoms with Gasteiger partial charge in [-0.3, -0.25) is 0 Å². The van der Waals surface area contributed by atoms with E-state index in [9.17, 15) is 0 Å². The minimum Gasteiger partial charge on any atom is -0.241 e. The van der Waals surface area contributed by atoms with E-state index in [1.165, 1.54) is 0 Å². The van der Waals surface area contributed by atoms with E-state index in [2.05, 4.69) is 179 Å². The average Bonchev–Trinajstić information content (AvgIpc) is 4.13. The minimum atomic E-state index is 0. The molecule has 0 saturated carbocycles. The molecule has 10 rings (SSSR count). The summed E-state index contributed by atoms with van der Waals surface area (Å²) in [6.07, 6.45) is 11.3.